The molecule has 4 amide bonds. The molecule has 1 aromatic carbocycles. The van der Waals surface area contributed by atoms with Crippen LogP contribution in [0, 0.1) is 17.3 Å². The van der Waals surface area contributed by atoms with Crippen LogP contribution in [-0.2, 0) is 54.6 Å². The van der Waals surface area contributed by atoms with Crippen molar-refractivity contribution in [2.45, 2.75) is 111 Å². The molecule has 63 heavy (non-hydrogen) atoms. The number of anilines is 1. The Kier molecular flexibility index (Phi) is 13.3. The van der Waals surface area contributed by atoms with Gasteiger partial charge in [0.05, 0.1) is 36.2 Å². The van der Waals surface area contributed by atoms with Gasteiger partial charge in [-0.15, -0.1) is 0 Å². The van der Waals surface area contributed by atoms with Crippen LogP contribution in [0.25, 0.3) is 11.4 Å². The Morgan fingerprint density at radius 1 is 1.10 bits per heavy atom. The molecule has 0 radical (unpaired) electrons. The number of amides is 4. The third-order valence-corrected chi connectivity index (χ3v) is 12.7. The summed E-state index contributed by atoms with van der Waals surface area (Å²) in [5.74, 6) is -1.82. The van der Waals surface area contributed by atoms with Crippen molar-refractivity contribution >= 4 is 35.3 Å². The second kappa shape index (κ2) is 18.5. The van der Waals surface area contributed by atoms with E-state index in [0.717, 1.165) is 34.2 Å². The van der Waals surface area contributed by atoms with E-state index in [-0.39, 0.29) is 55.5 Å². The minimum Gasteiger partial charge on any atom is -0.508 e. The zero-order chi connectivity index (χ0) is 45.3. The topological polar surface area (TPSA) is 183 Å². The predicted octanol–water partition coefficient (Wildman–Crippen LogP) is 3.96. The molecule has 2 fully saturated rings. The number of imidazole rings is 1. The first-order chi connectivity index (χ1) is 29.9. The molecule has 3 aromatic rings. The second-order valence-corrected chi connectivity index (χ2v) is 19.0. The van der Waals surface area contributed by atoms with Crippen molar-refractivity contribution in [3.63, 3.8) is 0 Å². The number of nitrogens with one attached hydrogen (secondary N) is 2. The highest BCUT2D eigenvalue weighted by Crippen LogP contribution is 2.36. The summed E-state index contributed by atoms with van der Waals surface area (Å²) in [4.78, 5) is 84.2. The molecule has 16 heteroatoms. The highest BCUT2D eigenvalue weighted by Gasteiger charge is 2.40. The average Bonchev–Trinajstić information content (AvgIpc) is 3.89. The number of likely N-dealkylation sites (N-methyl/N-ethyl adjacent to an activating group) is 1. The third kappa shape index (κ3) is 9.75. The molecule has 6 bridgehead atoms. The number of fused-ring (bicyclic) bond motifs is 6. The number of hydrogen-bond donors (Lipinski definition) is 3. The highest BCUT2D eigenvalue weighted by molar-refractivity contribution is 5.93. The van der Waals surface area contributed by atoms with E-state index in [9.17, 15) is 29.1 Å². The summed E-state index contributed by atoms with van der Waals surface area (Å²) in [5, 5.41) is 15.6. The Labute approximate surface area is 370 Å². The molecule has 2 saturated heterocycles. The van der Waals surface area contributed by atoms with Crippen LogP contribution in [0.4, 0.5) is 5.69 Å². The Balaban J connectivity index is 1.24. The number of hydrazine groups is 1. The number of cyclic esters (lactones) is 1. The van der Waals surface area contributed by atoms with Gasteiger partial charge in [0.1, 0.15) is 29.7 Å². The molecule has 16 nitrogen and oxygen atoms in total. The molecule has 6 heterocycles. The Morgan fingerprint density at radius 3 is 2.60 bits per heavy atom. The van der Waals surface area contributed by atoms with E-state index < -0.39 is 47.2 Å². The highest BCUT2D eigenvalue weighted by atomic mass is 16.5. The molecule has 2 aromatic heterocycles. The zero-order valence-corrected chi connectivity index (χ0v) is 37.7. The van der Waals surface area contributed by atoms with Gasteiger partial charge in [0.25, 0.3) is 5.91 Å². The van der Waals surface area contributed by atoms with Gasteiger partial charge in [0.15, 0.2) is 0 Å². The lowest BCUT2D eigenvalue weighted by molar-refractivity contribution is -0.155. The molecule has 4 atom stereocenters. The normalized spacial score (nSPS) is 22.0. The van der Waals surface area contributed by atoms with Gasteiger partial charge in [-0.05, 0) is 67.0 Å². The molecule has 4 aliphatic rings. The zero-order valence-electron chi connectivity index (χ0n) is 37.7. The Hall–Kier alpha value is -5.77. The lowest BCUT2D eigenvalue weighted by Crippen LogP contribution is -2.62. The minimum atomic E-state index is -1.14. The summed E-state index contributed by atoms with van der Waals surface area (Å²) >= 11 is 0. The van der Waals surface area contributed by atoms with E-state index in [4.69, 9.17) is 14.7 Å². The number of likely N-dealkylation sites (tertiary alicyclic amines) is 1. The first-order valence-electron chi connectivity index (χ1n) is 22.3. The maximum Gasteiger partial charge on any atom is 0.324 e. The van der Waals surface area contributed by atoms with Gasteiger partial charge < -0.3 is 34.4 Å². The number of carbonyl (C=O) groups excluding carboxylic acids is 5. The fraction of sp³-hybridized carbons (Fsp3) is 0.553. The van der Waals surface area contributed by atoms with Crippen molar-refractivity contribution in [3.05, 3.63) is 71.8 Å². The molecule has 0 spiro atoms. The standard InChI is InChI=1S/C47H63N9O7/c1-9-39(58)54-18-14-31(24-54)44(60)52(8)41(29(4)5)43(59)50-37-22-30-20-32(23-33(57)21-30)53-19-15-35-38(25-53)55(42(49-35)34-12-10-16-48-40(34)28(2)3)26-47(6,7)27-63-46(62)36-13-11-17-56(51-36)45(37)61/h9-10,12,16,20-21,23,28-29,31,36-37,41,51,57H,1,11,13-15,17-19,22,24-27H2,2-8H3,(H,50,59)/t31-,36-,37-,41-/m0/s1. The number of pyridine rings is 1. The van der Waals surface area contributed by atoms with E-state index in [1.54, 1.807) is 30.3 Å². The number of phenols is 1. The number of carbonyl (C=O) groups is 5. The molecular weight excluding hydrogens is 803 g/mol. The van der Waals surface area contributed by atoms with E-state index in [0.29, 0.717) is 57.4 Å². The van der Waals surface area contributed by atoms with Crippen LogP contribution in [-0.4, -0.2) is 122 Å². The van der Waals surface area contributed by atoms with Gasteiger partial charge in [-0.25, -0.2) is 10.4 Å². The molecular formula is C47H63N9O7. The van der Waals surface area contributed by atoms with Crippen LogP contribution in [0.5, 0.6) is 5.75 Å². The van der Waals surface area contributed by atoms with Gasteiger partial charge >= 0.3 is 5.97 Å². The third-order valence-electron chi connectivity index (χ3n) is 12.7. The van der Waals surface area contributed by atoms with Crippen molar-refractivity contribution < 1.29 is 33.8 Å². The van der Waals surface area contributed by atoms with Gasteiger partial charge in [-0.1, -0.05) is 48.1 Å². The maximum atomic E-state index is 14.6. The molecule has 0 saturated carbocycles. The largest absolute Gasteiger partial charge is 0.508 e. The fourth-order valence-corrected chi connectivity index (χ4v) is 9.51. The van der Waals surface area contributed by atoms with E-state index in [2.05, 4.69) is 60.5 Å². The number of rotatable bonds is 8. The van der Waals surface area contributed by atoms with E-state index in [1.807, 2.05) is 26.0 Å². The Bertz CT molecular complexity index is 2250. The molecule has 7 rings (SSSR count). The van der Waals surface area contributed by atoms with Crippen LogP contribution in [0.1, 0.15) is 89.4 Å². The molecule has 4 aliphatic heterocycles. The number of ether oxygens (including phenoxy) is 1. The van der Waals surface area contributed by atoms with Crippen molar-refractivity contribution in [2.24, 2.45) is 17.3 Å². The van der Waals surface area contributed by atoms with E-state index in [1.165, 1.54) is 16.0 Å². The quantitative estimate of drug-likeness (QED) is 0.220. The summed E-state index contributed by atoms with van der Waals surface area (Å²) in [6, 6.07) is 6.35. The monoisotopic (exact) mass is 865 g/mol. The second-order valence-electron chi connectivity index (χ2n) is 19.0. The summed E-state index contributed by atoms with van der Waals surface area (Å²) in [6.07, 6.45) is 5.11. The number of hydrogen-bond acceptors (Lipinski definition) is 11. The minimum absolute atomic E-state index is 0.0112. The lowest BCUT2D eigenvalue weighted by Gasteiger charge is -2.37. The number of aromatic nitrogens is 3. The molecule has 3 N–H and O–H groups in total. The first kappa shape index (κ1) is 45.3. The number of nitrogens with zero attached hydrogens (tertiary/aromatic N) is 7. The van der Waals surface area contributed by atoms with E-state index >= 15 is 0 Å². The van der Waals surface area contributed by atoms with Crippen LogP contribution in [0.3, 0.4) is 0 Å². The van der Waals surface area contributed by atoms with Crippen molar-refractivity contribution in [3.8, 4) is 17.1 Å². The van der Waals surface area contributed by atoms with Crippen LogP contribution >= 0.6 is 0 Å². The SMILES string of the molecule is C=CC(=O)N1CC[C@H](C(=O)N(C)[C@H](C(=O)N[C@H]2Cc3cc(O)cc(c3)N3CCc4nc(-c5cccnc5C(C)C)n(c4C3)CC(C)(C)COC(=O)[C@@H]3CCCN(N3)C2=O)C(C)C)C1. The van der Waals surface area contributed by atoms with Gasteiger partial charge in [-0.2, -0.15) is 0 Å². The summed E-state index contributed by atoms with van der Waals surface area (Å²) < 4.78 is 8.29. The number of esters is 1. The first-order valence-corrected chi connectivity index (χ1v) is 22.3. The number of aromatic hydroxyl groups is 1. The van der Waals surface area contributed by atoms with Gasteiger partial charge in [-0.3, -0.25) is 34.0 Å². The summed E-state index contributed by atoms with van der Waals surface area (Å²) in [7, 11) is 1.58. The Morgan fingerprint density at radius 2 is 1.87 bits per heavy atom. The lowest BCUT2D eigenvalue weighted by atomic mass is 9.93. The molecule has 0 unspecified atom stereocenters. The maximum absolute atomic E-state index is 14.6. The predicted molar refractivity (Wildman–Crippen MR) is 237 cm³/mol. The fourth-order valence-electron chi connectivity index (χ4n) is 9.51. The number of benzene rings is 1. The molecule has 338 valence electrons. The van der Waals surface area contributed by atoms with Crippen LogP contribution in [0.15, 0.2) is 49.2 Å². The smallest absolute Gasteiger partial charge is 0.324 e. The average molecular weight is 866 g/mol. The van der Waals surface area contributed by atoms with Gasteiger partial charge in [0.2, 0.25) is 17.7 Å². The van der Waals surface area contributed by atoms with Crippen molar-refractivity contribution in [2.75, 3.05) is 44.7 Å². The number of phenolic OH excluding ortho intramolecular Hbond substituents is 1. The summed E-state index contributed by atoms with van der Waals surface area (Å²) in [6.45, 7) is 18.2. The molecule has 0 aliphatic carbocycles. The van der Waals surface area contributed by atoms with Crippen LogP contribution < -0.4 is 15.6 Å². The summed E-state index contributed by atoms with van der Waals surface area (Å²) in [5.41, 5.74) is 7.82. The van der Waals surface area contributed by atoms with Crippen molar-refractivity contribution in [1.82, 2.24) is 40.1 Å². The van der Waals surface area contributed by atoms with Gasteiger partial charge in [0, 0.05) is 81.5 Å². The van der Waals surface area contributed by atoms with Crippen molar-refractivity contribution in [1.29, 1.82) is 0 Å². The van der Waals surface area contributed by atoms with Crippen LogP contribution in [0.2, 0.25) is 0 Å².